The van der Waals surface area contributed by atoms with Crippen LogP contribution in [0.1, 0.15) is 40.6 Å². The van der Waals surface area contributed by atoms with Gasteiger partial charge in [-0.15, -0.1) is 0 Å². The Bertz CT molecular complexity index is 1460. The minimum absolute atomic E-state index is 0.0146. The summed E-state index contributed by atoms with van der Waals surface area (Å²) >= 11 is 0. The largest absolute Gasteiger partial charge is 0.508 e. The van der Waals surface area contributed by atoms with Crippen molar-refractivity contribution in [1.29, 1.82) is 0 Å². The molecule has 0 fully saturated rings. The Labute approximate surface area is 203 Å². The number of hydrogen-bond acceptors (Lipinski definition) is 6. The SMILES string of the molecule is Cc1cccc(C)c1NS(=O)(=O)c1ccc2c(c1)C1C=CCC1C(c1cc([N+](=O)[O-])ccc1O)N2. The number of nitro groups is 1. The molecule has 1 aliphatic carbocycles. The van der Waals surface area contributed by atoms with Gasteiger partial charge in [0.1, 0.15) is 5.75 Å². The van der Waals surface area contributed by atoms with Crippen molar-refractivity contribution in [2.45, 2.75) is 37.1 Å². The number of anilines is 2. The van der Waals surface area contributed by atoms with Crippen LogP contribution in [0.15, 0.2) is 71.6 Å². The van der Waals surface area contributed by atoms with E-state index in [1.807, 2.05) is 44.2 Å². The molecule has 1 heterocycles. The molecule has 0 radical (unpaired) electrons. The van der Waals surface area contributed by atoms with Crippen LogP contribution in [0, 0.1) is 29.9 Å². The second kappa shape index (κ2) is 8.42. The molecule has 35 heavy (non-hydrogen) atoms. The zero-order valence-corrected chi connectivity index (χ0v) is 20.0. The lowest BCUT2D eigenvalue weighted by molar-refractivity contribution is -0.385. The van der Waals surface area contributed by atoms with Gasteiger partial charge in [0.25, 0.3) is 15.7 Å². The number of aromatic hydroxyl groups is 1. The van der Waals surface area contributed by atoms with E-state index >= 15 is 0 Å². The zero-order chi connectivity index (χ0) is 24.9. The van der Waals surface area contributed by atoms with Gasteiger partial charge in [-0.2, -0.15) is 0 Å². The van der Waals surface area contributed by atoms with Gasteiger partial charge >= 0.3 is 0 Å². The van der Waals surface area contributed by atoms with Crippen molar-refractivity contribution in [2.75, 3.05) is 10.0 Å². The molecule has 0 spiro atoms. The summed E-state index contributed by atoms with van der Waals surface area (Å²) in [4.78, 5) is 11.0. The Morgan fingerprint density at radius 1 is 1.06 bits per heavy atom. The highest BCUT2D eigenvalue weighted by Gasteiger charge is 2.40. The van der Waals surface area contributed by atoms with Gasteiger partial charge < -0.3 is 10.4 Å². The fourth-order valence-electron chi connectivity index (χ4n) is 5.12. The van der Waals surface area contributed by atoms with Gasteiger partial charge in [-0.1, -0.05) is 30.4 Å². The third kappa shape index (κ3) is 4.01. The second-order valence-corrected chi connectivity index (χ2v) is 10.8. The topological polar surface area (TPSA) is 122 Å². The molecule has 0 saturated carbocycles. The molecule has 3 N–H and O–H groups in total. The fraction of sp³-hybridized carbons (Fsp3) is 0.231. The number of aryl methyl sites for hydroxylation is 2. The van der Waals surface area contributed by atoms with E-state index in [-0.39, 0.29) is 34.2 Å². The first-order valence-electron chi connectivity index (χ1n) is 11.3. The Kier molecular flexibility index (Phi) is 5.52. The van der Waals surface area contributed by atoms with E-state index < -0.39 is 14.9 Å². The van der Waals surface area contributed by atoms with Gasteiger partial charge in [-0.05, 0) is 67.1 Å². The molecule has 3 unspecified atom stereocenters. The van der Waals surface area contributed by atoms with Gasteiger partial charge in [-0.25, -0.2) is 8.42 Å². The smallest absolute Gasteiger partial charge is 0.270 e. The van der Waals surface area contributed by atoms with Crippen LogP contribution in [0.2, 0.25) is 0 Å². The first kappa shape index (κ1) is 22.9. The Morgan fingerprint density at radius 3 is 2.51 bits per heavy atom. The number of non-ortho nitro benzene ring substituents is 1. The number of sulfonamides is 1. The summed E-state index contributed by atoms with van der Waals surface area (Å²) in [5.41, 5.74) is 4.19. The maximum atomic E-state index is 13.3. The van der Waals surface area contributed by atoms with Crippen LogP contribution in [-0.2, 0) is 10.0 Å². The summed E-state index contributed by atoms with van der Waals surface area (Å²) in [7, 11) is -3.82. The van der Waals surface area contributed by atoms with E-state index in [0.717, 1.165) is 22.4 Å². The molecule has 1 aliphatic heterocycles. The monoisotopic (exact) mass is 491 g/mol. The summed E-state index contributed by atoms with van der Waals surface area (Å²) in [6.45, 7) is 3.72. The molecule has 0 aromatic heterocycles. The third-order valence-corrected chi connectivity index (χ3v) is 8.27. The van der Waals surface area contributed by atoms with Crippen LogP contribution in [0.3, 0.4) is 0 Å². The normalized spacial score (nSPS) is 20.6. The minimum Gasteiger partial charge on any atom is -0.508 e. The highest BCUT2D eigenvalue weighted by Crippen LogP contribution is 2.51. The number of nitro benzene ring substituents is 1. The maximum Gasteiger partial charge on any atom is 0.270 e. The molecule has 9 heteroatoms. The number of allylic oxidation sites excluding steroid dienone is 2. The molecular formula is C26H25N3O5S. The molecule has 5 rings (SSSR count). The van der Waals surface area contributed by atoms with E-state index in [2.05, 4.69) is 10.0 Å². The minimum atomic E-state index is -3.82. The number of phenols is 1. The summed E-state index contributed by atoms with van der Waals surface area (Å²) < 4.78 is 29.3. The predicted molar refractivity (Wildman–Crippen MR) is 134 cm³/mol. The molecule has 3 atom stereocenters. The van der Waals surface area contributed by atoms with Gasteiger partial charge in [0.05, 0.1) is 21.5 Å². The highest BCUT2D eigenvalue weighted by atomic mass is 32.2. The van der Waals surface area contributed by atoms with Crippen molar-refractivity contribution in [1.82, 2.24) is 0 Å². The molecule has 3 aromatic carbocycles. The predicted octanol–water partition coefficient (Wildman–Crippen LogP) is 5.54. The Morgan fingerprint density at radius 2 is 1.80 bits per heavy atom. The molecule has 0 saturated heterocycles. The average molecular weight is 492 g/mol. The number of nitrogens with one attached hydrogen (secondary N) is 2. The van der Waals surface area contributed by atoms with Crippen LogP contribution in [0.5, 0.6) is 5.75 Å². The van der Waals surface area contributed by atoms with Gasteiger partial charge in [0.15, 0.2) is 0 Å². The quantitative estimate of drug-likeness (QED) is 0.245. The number of para-hydroxylation sites is 1. The van der Waals surface area contributed by atoms with E-state index in [0.29, 0.717) is 17.7 Å². The Balaban J connectivity index is 1.52. The molecule has 0 amide bonds. The standard InChI is InChI=1S/C26H25N3O5S/c1-15-5-3-6-16(2)25(15)28-35(33,34)18-10-11-23-21(14-18)19-7-4-8-20(19)26(27-23)22-13-17(29(31)32)9-12-24(22)30/h3-7,9-14,19-20,26-28,30H,8H2,1-2H3. The van der Waals surface area contributed by atoms with Crippen LogP contribution < -0.4 is 10.0 Å². The highest BCUT2D eigenvalue weighted by molar-refractivity contribution is 7.92. The zero-order valence-electron chi connectivity index (χ0n) is 19.2. The number of hydrogen-bond donors (Lipinski definition) is 3. The van der Waals surface area contributed by atoms with Crippen LogP contribution in [0.25, 0.3) is 0 Å². The number of fused-ring (bicyclic) bond motifs is 3. The summed E-state index contributed by atoms with van der Waals surface area (Å²) in [5, 5.41) is 25.2. The molecular weight excluding hydrogens is 466 g/mol. The molecule has 8 nitrogen and oxygen atoms in total. The van der Waals surface area contributed by atoms with Crippen molar-refractivity contribution in [3.05, 3.63) is 99.1 Å². The third-order valence-electron chi connectivity index (χ3n) is 6.92. The first-order valence-corrected chi connectivity index (χ1v) is 12.8. The first-order chi connectivity index (χ1) is 16.7. The van der Waals surface area contributed by atoms with Gasteiger partial charge in [0.2, 0.25) is 0 Å². The van der Waals surface area contributed by atoms with Crippen molar-refractivity contribution in [2.24, 2.45) is 5.92 Å². The fourth-order valence-corrected chi connectivity index (χ4v) is 6.36. The Hall–Kier alpha value is -3.85. The summed E-state index contributed by atoms with van der Waals surface area (Å²) in [5.74, 6) is -0.135. The second-order valence-electron chi connectivity index (χ2n) is 9.10. The van der Waals surface area contributed by atoms with E-state index in [1.54, 1.807) is 18.2 Å². The van der Waals surface area contributed by atoms with Crippen LogP contribution >= 0.6 is 0 Å². The molecule has 0 bridgehead atoms. The van der Waals surface area contributed by atoms with Gasteiger partial charge in [0, 0.05) is 29.3 Å². The molecule has 2 aliphatic rings. The van der Waals surface area contributed by atoms with Crippen molar-refractivity contribution >= 4 is 27.1 Å². The van der Waals surface area contributed by atoms with E-state index in [4.69, 9.17) is 0 Å². The average Bonchev–Trinajstić information content (AvgIpc) is 3.31. The summed E-state index contributed by atoms with van der Waals surface area (Å²) in [6, 6.07) is 14.2. The number of benzene rings is 3. The molecule has 180 valence electrons. The van der Waals surface area contributed by atoms with Crippen molar-refractivity contribution in [3.63, 3.8) is 0 Å². The lowest BCUT2D eigenvalue weighted by atomic mass is 9.77. The molecule has 3 aromatic rings. The van der Waals surface area contributed by atoms with Crippen molar-refractivity contribution < 1.29 is 18.4 Å². The number of phenolic OH excluding ortho intramolecular Hbond substituents is 1. The van der Waals surface area contributed by atoms with Crippen LogP contribution in [-0.4, -0.2) is 18.4 Å². The van der Waals surface area contributed by atoms with Crippen molar-refractivity contribution in [3.8, 4) is 5.75 Å². The maximum absolute atomic E-state index is 13.3. The number of rotatable bonds is 5. The van der Waals surface area contributed by atoms with E-state index in [1.165, 1.54) is 18.2 Å². The van der Waals surface area contributed by atoms with Gasteiger partial charge in [-0.3, -0.25) is 14.8 Å². The number of nitrogens with zero attached hydrogens (tertiary/aromatic N) is 1. The lowest BCUT2D eigenvalue weighted by Crippen LogP contribution is -2.29. The van der Waals surface area contributed by atoms with E-state index in [9.17, 15) is 23.6 Å². The van der Waals surface area contributed by atoms with Crippen LogP contribution in [0.4, 0.5) is 17.1 Å². The summed E-state index contributed by atoms with van der Waals surface area (Å²) in [6.07, 6.45) is 4.77. The lowest BCUT2D eigenvalue weighted by Gasteiger charge is -2.37.